The topological polar surface area (TPSA) is 75.4 Å². The fraction of sp³-hybridized carbons (Fsp3) is 0.615. The maximum absolute atomic E-state index is 12.3. The standard InChI is InChI=1S/C13H19N3O3S/c1-10-7-14-13(20-9-12(18)19)16(10)8-11(17)15-5-3-2-4-6-15/h7H,2-6,8-9H2,1H3,(H,18,19). The first kappa shape index (κ1) is 14.9. The van der Waals surface area contributed by atoms with Gasteiger partial charge >= 0.3 is 5.97 Å². The number of hydrogen-bond acceptors (Lipinski definition) is 4. The van der Waals surface area contributed by atoms with Crippen molar-refractivity contribution in [3.8, 4) is 0 Å². The van der Waals surface area contributed by atoms with Crippen LogP contribution in [0.25, 0.3) is 0 Å². The fourth-order valence-corrected chi connectivity index (χ4v) is 3.00. The molecule has 1 saturated heterocycles. The molecule has 0 radical (unpaired) electrons. The monoisotopic (exact) mass is 297 g/mol. The first-order valence-electron chi connectivity index (χ1n) is 6.72. The second-order valence-electron chi connectivity index (χ2n) is 4.89. The molecule has 0 unspecified atom stereocenters. The highest BCUT2D eigenvalue weighted by molar-refractivity contribution is 7.99. The average Bonchev–Trinajstić information content (AvgIpc) is 2.78. The van der Waals surface area contributed by atoms with Crippen molar-refractivity contribution in [3.05, 3.63) is 11.9 Å². The lowest BCUT2D eigenvalue weighted by Crippen LogP contribution is -2.38. The number of likely N-dealkylation sites (tertiary alicyclic amines) is 1. The molecule has 0 aliphatic carbocycles. The zero-order valence-electron chi connectivity index (χ0n) is 11.5. The molecule has 1 aliphatic rings. The van der Waals surface area contributed by atoms with E-state index in [9.17, 15) is 9.59 Å². The maximum atomic E-state index is 12.3. The van der Waals surface area contributed by atoms with Gasteiger partial charge in [0.15, 0.2) is 5.16 Å². The number of hydrogen-bond donors (Lipinski definition) is 1. The molecule has 1 aliphatic heterocycles. The van der Waals surface area contributed by atoms with Gasteiger partial charge in [0.2, 0.25) is 5.91 Å². The quantitative estimate of drug-likeness (QED) is 0.831. The second kappa shape index (κ2) is 6.78. The predicted octanol–water partition coefficient (Wildman–Crippen LogP) is 1.38. The van der Waals surface area contributed by atoms with Gasteiger partial charge in [-0.3, -0.25) is 9.59 Å². The van der Waals surface area contributed by atoms with E-state index < -0.39 is 5.97 Å². The lowest BCUT2D eigenvalue weighted by molar-refractivity contribution is -0.134. The first-order valence-corrected chi connectivity index (χ1v) is 7.71. The minimum atomic E-state index is -0.885. The molecule has 1 fully saturated rings. The van der Waals surface area contributed by atoms with Gasteiger partial charge < -0.3 is 14.6 Å². The Labute approximate surface area is 122 Å². The Bertz CT molecular complexity index is 495. The van der Waals surface area contributed by atoms with Crippen LogP contribution in [0.5, 0.6) is 0 Å². The summed E-state index contributed by atoms with van der Waals surface area (Å²) in [6.07, 6.45) is 4.99. The third-order valence-electron chi connectivity index (χ3n) is 3.35. The Kier molecular flexibility index (Phi) is 5.05. The number of aromatic nitrogens is 2. The van der Waals surface area contributed by atoms with Crippen LogP contribution < -0.4 is 0 Å². The van der Waals surface area contributed by atoms with Gasteiger partial charge in [0.05, 0.1) is 5.75 Å². The molecule has 110 valence electrons. The van der Waals surface area contributed by atoms with Crippen LogP contribution in [0.1, 0.15) is 25.0 Å². The average molecular weight is 297 g/mol. The number of amides is 1. The molecule has 2 heterocycles. The molecular weight excluding hydrogens is 278 g/mol. The summed E-state index contributed by atoms with van der Waals surface area (Å²) in [5, 5.41) is 9.32. The number of aryl methyl sites for hydroxylation is 1. The van der Waals surface area contributed by atoms with E-state index in [2.05, 4.69) is 4.98 Å². The van der Waals surface area contributed by atoms with Crippen molar-refractivity contribution in [3.63, 3.8) is 0 Å². The van der Waals surface area contributed by atoms with Gasteiger partial charge in [-0.2, -0.15) is 0 Å². The molecule has 1 aromatic rings. The summed E-state index contributed by atoms with van der Waals surface area (Å²) in [7, 11) is 0. The summed E-state index contributed by atoms with van der Waals surface area (Å²) < 4.78 is 1.80. The van der Waals surface area contributed by atoms with Gasteiger partial charge in [-0.15, -0.1) is 0 Å². The van der Waals surface area contributed by atoms with Gasteiger partial charge in [-0.05, 0) is 26.2 Å². The summed E-state index contributed by atoms with van der Waals surface area (Å²) in [5.74, 6) is -0.846. The molecule has 0 saturated carbocycles. The van der Waals surface area contributed by atoms with Crippen molar-refractivity contribution >= 4 is 23.6 Å². The number of carbonyl (C=O) groups is 2. The number of piperidine rings is 1. The number of rotatable bonds is 5. The van der Waals surface area contributed by atoms with Crippen LogP contribution in [0.15, 0.2) is 11.4 Å². The lowest BCUT2D eigenvalue weighted by Gasteiger charge is -2.27. The highest BCUT2D eigenvalue weighted by Crippen LogP contribution is 2.19. The molecule has 0 atom stereocenters. The number of aliphatic carboxylic acids is 1. The van der Waals surface area contributed by atoms with Crippen LogP contribution in [0.3, 0.4) is 0 Å². The molecule has 0 aromatic carbocycles. The molecule has 6 nitrogen and oxygen atoms in total. The van der Waals surface area contributed by atoms with Crippen molar-refractivity contribution in [2.75, 3.05) is 18.8 Å². The lowest BCUT2D eigenvalue weighted by atomic mass is 10.1. The largest absolute Gasteiger partial charge is 0.481 e. The van der Waals surface area contributed by atoms with E-state index >= 15 is 0 Å². The highest BCUT2D eigenvalue weighted by Gasteiger charge is 2.19. The Balaban J connectivity index is 2.02. The smallest absolute Gasteiger partial charge is 0.313 e. The number of carbonyl (C=O) groups excluding carboxylic acids is 1. The van der Waals surface area contributed by atoms with E-state index in [0.717, 1.165) is 43.4 Å². The first-order chi connectivity index (χ1) is 9.58. The predicted molar refractivity (Wildman–Crippen MR) is 75.8 cm³/mol. The third-order valence-corrected chi connectivity index (χ3v) is 4.32. The van der Waals surface area contributed by atoms with E-state index in [4.69, 9.17) is 5.11 Å². The van der Waals surface area contributed by atoms with Crippen LogP contribution in [-0.4, -0.2) is 50.3 Å². The van der Waals surface area contributed by atoms with E-state index in [0.29, 0.717) is 5.16 Å². The van der Waals surface area contributed by atoms with Gasteiger partial charge in [-0.1, -0.05) is 11.8 Å². The Morgan fingerprint density at radius 1 is 1.35 bits per heavy atom. The number of imidazole rings is 1. The summed E-state index contributed by atoms with van der Waals surface area (Å²) >= 11 is 1.15. The molecule has 1 N–H and O–H groups in total. The van der Waals surface area contributed by atoms with Crippen LogP contribution in [-0.2, 0) is 16.1 Å². The van der Waals surface area contributed by atoms with E-state index in [1.807, 2.05) is 11.8 Å². The number of carboxylic acid groups (broad SMARTS) is 1. The minimum absolute atomic E-state index is 0.0473. The summed E-state index contributed by atoms with van der Waals surface area (Å²) in [6, 6.07) is 0. The van der Waals surface area contributed by atoms with E-state index in [1.54, 1.807) is 10.8 Å². The number of thioether (sulfide) groups is 1. The molecule has 7 heteroatoms. The zero-order chi connectivity index (χ0) is 14.5. The van der Waals surface area contributed by atoms with Crippen molar-refractivity contribution in [2.45, 2.75) is 37.9 Å². The molecule has 0 spiro atoms. The SMILES string of the molecule is Cc1cnc(SCC(=O)O)n1CC(=O)N1CCCCC1. The van der Waals surface area contributed by atoms with E-state index in [1.165, 1.54) is 6.42 Å². The van der Waals surface area contributed by atoms with Gasteiger partial charge in [0, 0.05) is 25.0 Å². The molecule has 1 aromatic heterocycles. The number of carboxylic acids is 1. The summed E-state index contributed by atoms with van der Waals surface area (Å²) in [5.41, 5.74) is 0.878. The van der Waals surface area contributed by atoms with Crippen molar-refractivity contribution in [2.24, 2.45) is 0 Å². The Morgan fingerprint density at radius 3 is 2.70 bits per heavy atom. The van der Waals surface area contributed by atoms with Crippen LogP contribution in [0.4, 0.5) is 0 Å². The normalized spacial score (nSPS) is 15.3. The van der Waals surface area contributed by atoms with Crippen LogP contribution in [0.2, 0.25) is 0 Å². The van der Waals surface area contributed by atoms with Crippen LogP contribution in [0, 0.1) is 6.92 Å². The van der Waals surface area contributed by atoms with Gasteiger partial charge in [0.1, 0.15) is 6.54 Å². The minimum Gasteiger partial charge on any atom is -0.481 e. The highest BCUT2D eigenvalue weighted by atomic mass is 32.2. The van der Waals surface area contributed by atoms with Crippen molar-refractivity contribution in [1.29, 1.82) is 0 Å². The van der Waals surface area contributed by atoms with Crippen molar-refractivity contribution < 1.29 is 14.7 Å². The Hall–Kier alpha value is -1.50. The second-order valence-corrected chi connectivity index (χ2v) is 5.83. The van der Waals surface area contributed by atoms with Crippen molar-refractivity contribution in [1.82, 2.24) is 14.5 Å². The molecule has 0 bridgehead atoms. The van der Waals surface area contributed by atoms with E-state index in [-0.39, 0.29) is 18.2 Å². The molecule has 20 heavy (non-hydrogen) atoms. The van der Waals surface area contributed by atoms with Gasteiger partial charge in [-0.25, -0.2) is 4.98 Å². The number of nitrogens with zero attached hydrogens (tertiary/aromatic N) is 3. The molecule has 1 amide bonds. The molecule has 2 rings (SSSR count). The fourth-order valence-electron chi connectivity index (χ4n) is 2.25. The van der Waals surface area contributed by atoms with Crippen LogP contribution >= 0.6 is 11.8 Å². The molecular formula is C13H19N3O3S. The van der Waals surface area contributed by atoms with Gasteiger partial charge in [0.25, 0.3) is 0 Å². The Morgan fingerprint density at radius 2 is 2.05 bits per heavy atom. The zero-order valence-corrected chi connectivity index (χ0v) is 12.4. The summed E-state index contributed by atoms with van der Waals surface area (Å²) in [6.45, 7) is 3.77. The summed E-state index contributed by atoms with van der Waals surface area (Å²) in [4.78, 5) is 28.9. The third kappa shape index (κ3) is 3.75. The maximum Gasteiger partial charge on any atom is 0.313 e.